The van der Waals surface area contributed by atoms with E-state index >= 15 is 0 Å². The fourth-order valence-corrected chi connectivity index (χ4v) is 4.89. The molecule has 2 aliphatic rings. The molecular formula is C25H23ClN4O2. The van der Waals surface area contributed by atoms with Gasteiger partial charge in [0.1, 0.15) is 12.1 Å². The van der Waals surface area contributed by atoms with Crippen molar-refractivity contribution in [3.8, 4) is 16.8 Å². The molecule has 4 heterocycles. The van der Waals surface area contributed by atoms with Crippen molar-refractivity contribution in [3.63, 3.8) is 0 Å². The molecule has 162 valence electrons. The van der Waals surface area contributed by atoms with Gasteiger partial charge in [-0.25, -0.2) is 9.97 Å². The van der Waals surface area contributed by atoms with Gasteiger partial charge < -0.3 is 18.9 Å². The molecule has 2 fully saturated rings. The standard InChI is InChI=1S/C25H23ClN4O2/c26-19-6-8-20(9-7-19)30-16-21(18-4-2-1-3-5-18)22-23(27-17-28-24(22)30)29-12-10-25(11-13-29)31-14-15-32-25/h1-9,16-17H,10-15H2. The first-order valence-electron chi connectivity index (χ1n) is 10.9. The number of aromatic nitrogens is 3. The van der Waals surface area contributed by atoms with Crippen LogP contribution in [-0.2, 0) is 9.47 Å². The van der Waals surface area contributed by atoms with Gasteiger partial charge in [-0.2, -0.15) is 0 Å². The first-order valence-corrected chi connectivity index (χ1v) is 11.3. The summed E-state index contributed by atoms with van der Waals surface area (Å²) in [6.07, 6.45) is 5.47. The van der Waals surface area contributed by atoms with Crippen LogP contribution in [0.2, 0.25) is 5.02 Å². The molecule has 0 saturated carbocycles. The molecule has 0 amide bonds. The third-order valence-electron chi connectivity index (χ3n) is 6.39. The molecule has 0 N–H and O–H groups in total. The molecule has 32 heavy (non-hydrogen) atoms. The molecule has 2 aromatic heterocycles. The number of nitrogens with zero attached hydrogens (tertiary/aromatic N) is 4. The van der Waals surface area contributed by atoms with Crippen molar-refractivity contribution in [2.24, 2.45) is 0 Å². The molecule has 2 aromatic carbocycles. The monoisotopic (exact) mass is 446 g/mol. The van der Waals surface area contributed by atoms with E-state index in [1.807, 2.05) is 30.3 Å². The lowest BCUT2D eigenvalue weighted by molar-refractivity contribution is -0.169. The minimum atomic E-state index is -0.417. The van der Waals surface area contributed by atoms with Crippen LogP contribution >= 0.6 is 11.6 Å². The maximum Gasteiger partial charge on any atom is 0.171 e. The highest BCUT2D eigenvalue weighted by molar-refractivity contribution is 6.30. The van der Waals surface area contributed by atoms with Crippen LogP contribution in [0.3, 0.4) is 0 Å². The van der Waals surface area contributed by atoms with E-state index in [-0.39, 0.29) is 0 Å². The van der Waals surface area contributed by atoms with Gasteiger partial charge in [0.05, 0.1) is 18.6 Å². The van der Waals surface area contributed by atoms with Gasteiger partial charge in [-0.15, -0.1) is 0 Å². The minimum absolute atomic E-state index is 0.417. The van der Waals surface area contributed by atoms with Crippen LogP contribution in [0.1, 0.15) is 12.8 Å². The number of benzene rings is 2. The van der Waals surface area contributed by atoms with Crippen molar-refractivity contribution in [1.29, 1.82) is 0 Å². The van der Waals surface area contributed by atoms with Crippen LogP contribution in [0.4, 0.5) is 5.82 Å². The number of halogens is 1. The SMILES string of the molecule is Clc1ccc(-n2cc(-c3ccccc3)c3c(N4CCC5(CC4)OCCO5)ncnc32)cc1. The van der Waals surface area contributed by atoms with Gasteiger partial charge in [0.2, 0.25) is 0 Å². The largest absolute Gasteiger partial charge is 0.356 e. The van der Waals surface area contributed by atoms with E-state index in [0.29, 0.717) is 18.2 Å². The summed E-state index contributed by atoms with van der Waals surface area (Å²) in [6.45, 7) is 3.01. The molecule has 0 aliphatic carbocycles. The summed E-state index contributed by atoms with van der Waals surface area (Å²) in [5.41, 5.74) is 4.14. The second-order valence-electron chi connectivity index (χ2n) is 8.25. The second kappa shape index (κ2) is 7.89. The van der Waals surface area contributed by atoms with E-state index in [1.165, 1.54) is 0 Å². The van der Waals surface area contributed by atoms with Crippen molar-refractivity contribution >= 4 is 28.5 Å². The number of ether oxygens (including phenoxy) is 2. The Morgan fingerprint density at radius 1 is 0.875 bits per heavy atom. The predicted octanol–water partition coefficient (Wildman–Crippen LogP) is 5.08. The summed E-state index contributed by atoms with van der Waals surface area (Å²) in [7, 11) is 0. The van der Waals surface area contributed by atoms with E-state index in [4.69, 9.17) is 31.0 Å². The van der Waals surface area contributed by atoms with Crippen molar-refractivity contribution in [3.05, 3.63) is 72.1 Å². The quantitative estimate of drug-likeness (QED) is 0.439. The van der Waals surface area contributed by atoms with Gasteiger partial charge in [-0.1, -0.05) is 41.9 Å². The number of anilines is 1. The molecule has 2 aliphatic heterocycles. The Labute approximate surface area is 191 Å². The highest BCUT2D eigenvalue weighted by Gasteiger charge is 2.40. The predicted molar refractivity (Wildman–Crippen MR) is 125 cm³/mol. The number of piperidine rings is 1. The van der Waals surface area contributed by atoms with Gasteiger partial charge in [-0.05, 0) is 29.8 Å². The molecule has 0 radical (unpaired) electrons. The smallest absolute Gasteiger partial charge is 0.171 e. The van der Waals surface area contributed by atoms with Crippen LogP contribution in [0, 0.1) is 0 Å². The molecule has 1 spiro atoms. The Morgan fingerprint density at radius 3 is 2.31 bits per heavy atom. The van der Waals surface area contributed by atoms with Crippen molar-refractivity contribution < 1.29 is 9.47 Å². The normalized spacial score (nSPS) is 18.0. The lowest BCUT2D eigenvalue weighted by Crippen LogP contribution is -2.45. The van der Waals surface area contributed by atoms with E-state index in [0.717, 1.165) is 59.6 Å². The zero-order chi connectivity index (χ0) is 21.5. The summed E-state index contributed by atoms with van der Waals surface area (Å²) in [5.74, 6) is 0.537. The summed E-state index contributed by atoms with van der Waals surface area (Å²) in [5, 5.41) is 1.76. The number of fused-ring (bicyclic) bond motifs is 1. The van der Waals surface area contributed by atoms with Gasteiger partial charge in [0, 0.05) is 48.4 Å². The van der Waals surface area contributed by atoms with E-state index in [9.17, 15) is 0 Å². The minimum Gasteiger partial charge on any atom is -0.356 e. The van der Waals surface area contributed by atoms with Crippen molar-refractivity contribution in [1.82, 2.24) is 14.5 Å². The number of hydrogen-bond acceptors (Lipinski definition) is 5. The average Bonchev–Trinajstić information content (AvgIpc) is 3.46. The first kappa shape index (κ1) is 19.7. The molecule has 7 heteroatoms. The Kier molecular flexibility index (Phi) is 4.86. The topological polar surface area (TPSA) is 52.4 Å². The zero-order valence-electron chi connectivity index (χ0n) is 17.6. The molecular weight excluding hydrogens is 424 g/mol. The fourth-order valence-electron chi connectivity index (χ4n) is 4.77. The lowest BCUT2D eigenvalue weighted by Gasteiger charge is -2.38. The van der Waals surface area contributed by atoms with E-state index in [1.54, 1.807) is 6.33 Å². The Morgan fingerprint density at radius 2 is 1.59 bits per heavy atom. The summed E-state index contributed by atoms with van der Waals surface area (Å²) >= 11 is 6.13. The molecule has 4 aromatic rings. The van der Waals surface area contributed by atoms with Crippen LogP contribution in [0.5, 0.6) is 0 Å². The fraction of sp³-hybridized carbons (Fsp3) is 0.280. The maximum atomic E-state index is 6.13. The number of rotatable bonds is 3. The second-order valence-corrected chi connectivity index (χ2v) is 8.68. The van der Waals surface area contributed by atoms with Gasteiger partial charge >= 0.3 is 0 Å². The summed E-state index contributed by atoms with van der Waals surface area (Å²) in [4.78, 5) is 11.8. The van der Waals surface area contributed by atoms with Crippen molar-refractivity contribution in [2.75, 3.05) is 31.2 Å². The Balaban J connectivity index is 1.49. The highest BCUT2D eigenvalue weighted by Crippen LogP contribution is 2.39. The van der Waals surface area contributed by atoms with E-state index in [2.05, 4.69) is 39.9 Å². The van der Waals surface area contributed by atoms with Crippen molar-refractivity contribution in [2.45, 2.75) is 18.6 Å². The average molecular weight is 447 g/mol. The molecule has 0 bridgehead atoms. The highest BCUT2D eigenvalue weighted by atomic mass is 35.5. The first-order chi connectivity index (χ1) is 15.7. The third-order valence-corrected chi connectivity index (χ3v) is 6.64. The summed E-state index contributed by atoms with van der Waals surface area (Å²) in [6, 6.07) is 18.2. The van der Waals surface area contributed by atoms with Crippen LogP contribution < -0.4 is 4.90 Å². The third kappa shape index (κ3) is 3.35. The van der Waals surface area contributed by atoms with Gasteiger partial charge in [0.15, 0.2) is 11.4 Å². The maximum absolute atomic E-state index is 6.13. The Hall–Kier alpha value is -2.93. The molecule has 0 atom stereocenters. The van der Waals surface area contributed by atoms with Crippen LogP contribution in [-0.4, -0.2) is 46.6 Å². The van der Waals surface area contributed by atoms with E-state index < -0.39 is 5.79 Å². The summed E-state index contributed by atoms with van der Waals surface area (Å²) < 4.78 is 14.0. The molecule has 2 saturated heterocycles. The number of hydrogen-bond donors (Lipinski definition) is 0. The lowest BCUT2D eigenvalue weighted by atomic mass is 10.0. The molecule has 6 nitrogen and oxygen atoms in total. The van der Waals surface area contributed by atoms with Crippen LogP contribution in [0.15, 0.2) is 67.1 Å². The molecule has 6 rings (SSSR count). The van der Waals surface area contributed by atoms with Crippen LogP contribution in [0.25, 0.3) is 27.8 Å². The van der Waals surface area contributed by atoms with Gasteiger partial charge in [0.25, 0.3) is 0 Å². The van der Waals surface area contributed by atoms with Gasteiger partial charge in [-0.3, -0.25) is 0 Å². The molecule has 0 unspecified atom stereocenters. The Bertz CT molecular complexity index is 1240. The zero-order valence-corrected chi connectivity index (χ0v) is 18.3.